The molecule has 0 bridgehead atoms. The van der Waals surface area contributed by atoms with Gasteiger partial charge in [0.25, 0.3) is 5.69 Å². The van der Waals surface area contributed by atoms with Crippen molar-refractivity contribution in [1.29, 1.82) is 0 Å². The van der Waals surface area contributed by atoms with Crippen molar-refractivity contribution in [2.45, 2.75) is 10.9 Å². The quantitative estimate of drug-likeness (QED) is 0.255. The molecule has 4 rings (SSSR count). The monoisotopic (exact) mass is 409 g/mol. The third kappa shape index (κ3) is 4.11. The minimum atomic E-state index is -0.452. The van der Waals surface area contributed by atoms with Gasteiger partial charge < -0.3 is 9.26 Å². The SMILES string of the molecule is COc1cccc(-n2ccnc2SCc2nc(-c3ccc([N+](=O)[O-])cc3)no2)c1. The predicted octanol–water partition coefficient (Wildman–Crippen LogP) is 4.13. The van der Waals surface area contributed by atoms with Crippen LogP contribution in [-0.4, -0.2) is 31.7 Å². The fraction of sp³-hybridized carbons (Fsp3) is 0.105. The molecule has 29 heavy (non-hydrogen) atoms. The van der Waals surface area contributed by atoms with Crippen LogP contribution in [0.25, 0.3) is 17.1 Å². The lowest BCUT2D eigenvalue weighted by Crippen LogP contribution is -1.96. The summed E-state index contributed by atoms with van der Waals surface area (Å²) in [6.07, 6.45) is 3.59. The van der Waals surface area contributed by atoms with E-state index in [9.17, 15) is 10.1 Å². The zero-order valence-corrected chi connectivity index (χ0v) is 16.1. The molecule has 0 aliphatic carbocycles. The topological polar surface area (TPSA) is 109 Å². The molecule has 0 saturated heterocycles. The van der Waals surface area contributed by atoms with Crippen molar-refractivity contribution < 1.29 is 14.2 Å². The summed E-state index contributed by atoms with van der Waals surface area (Å²) in [4.78, 5) is 19.0. The van der Waals surface area contributed by atoms with E-state index in [1.165, 1.54) is 23.9 Å². The van der Waals surface area contributed by atoms with Gasteiger partial charge in [-0.05, 0) is 24.3 Å². The lowest BCUT2D eigenvalue weighted by Gasteiger charge is -2.08. The van der Waals surface area contributed by atoms with E-state index >= 15 is 0 Å². The molecule has 2 aromatic carbocycles. The normalized spacial score (nSPS) is 10.8. The van der Waals surface area contributed by atoms with Crippen LogP contribution in [0.5, 0.6) is 5.75 Å². The molecule has 9 nitrogen and oxygen atoms in total. The van der Waals surface area contributed by atoms with E-state index in [0.29, 0.717) is 23.0 Å². The summed E-state index contributed by atoms with van der Waals surface area (Å²) >= 11 is 1.46. The Kier molecular flexibility index (Phi) is 5.25. The van der Waals surface area contributed by atoms with Gasteiger partial charge in [0.15, 0.2) is 5.16 Å². The minimum Gasteiger partial charge on any atom is -0.497 e. The van der Waals surface area contributed by atoms with E-state index in [0.717, 1.165) is 16.6 Å². The number of hydrogen-bond acceptors (Lipinski definition) is 8. The second kappa shape index (κ2) is 8.15. The van der Waals surface area contributed by atoms with Crippen molar-refractivity contribution >= 4 is 17.4 Å². The molecular formula is C19H15N5O4S. The summed E-state index contributed by atoms with van der Waals surface area (Å²) in [5.41, 5.74) is 1.59. The maximum atomic E-state index is 10.8. The van der Waals surface area contributed by atoms with Gasteiger partial charge in [-0.3, -0.25) is 14.7 Å². The zero-order valence-electron chi connectivity index (χ0n) is 15.3. The maximum Gasteiger partial charge on any atom is 0.269 e. The van der Waals surface area contributed by atoms with E-state index in [1.807, 2.05) is 35.0 Å². The largest absolute Gasteiger partial charge is 0.497 e. The number of nitro groups is 1. The number of hydrogen-bond donors (Lipinski definition) is 0. The van der Waals surface area contributed by atoms with E-state index < -0.39 is 4.92 Å². The van der Waals surface area contributed by atoms with Gasteiger partial charge in [-0.25, -0.2) is 4.98 Å². The average molecular weight is 409 g/mol. The van der Waals surface area contributed by atoms with Crippen LogP contribution in [0.15, 0.2) is 70.6 Å². The smallest absolute Gasteiger partial charge is 0.269 e. The number of rotatable bonds is 7. The van der Waals surface area contributed by atoms with Crippen LogP contribution in [0.1, 0.15) is 5.89 Å². The first-order chi connectivity index (χ1) is 14.1. The van der Waals surface area contributed by atoms with Crippen LogP contribution in [0, 0.1) is 10.1 Å². The van der Waals surface area contributed by atoms with Crippen molar-refractivity contribution in [3.63, 3.8) is 0 Å². The van der Waals surface area contributed by atoms with Gasteiger partial charge in [-0.1, -0.05) is 23.0 Å². The predicted molar refractivity (Wildman–Crippen MR) is 106 cm³/mol. The molecular weight excluding hydrogens is 394 g/mol. The summed E-state index contributed by atoms with van der Waals surface area (Å²) in [7, 11) is 1.63. The molecule has 0 fully saturated rings. The van der Waals surface area contributed by atoms with Crippen molar-refractivity contribution in [3.8, 4) is 22.8 Å². The Morgan fingerprint density at radius 1 is 1.24 bits per heavy atom. The molecule has 2 aromatic heterocycles. The number of aromatic nitrogens is 4. The lowest BCUT2D eigenvalue weighted by molar-refractivity contribution is -0.384. The Hall–Kier alpha value is -3.66. The van der Waals surface area contributed by atoms with E-state index in [-0.39, 0.29) is 5.69 Å². The summed E-state index contributed by atoms with van der Waals surface area (Å²) < 4.78 is 12.5. The van der Waals surface area contributed by atoms with Crippen molar-refractivity contribution in [1.82, 2.24) is 19.7 Å². The molecule has 0 radical (unpaired) electrons. The van der Waals surface area contributed by atoms with Crippen molar-refractivity contribution in [2.75, 3.05) is 7.11 Å². The minimum absolute atomic E-state index is 0.0115. The third-order valence-electron chi connectivity index (χ3n) is 4.07. The standard InChI is InChI=1S/C19H15N5O4S/c1-27-16-4-2-3-15(11-16)23-10-9-20-19(23)29-12-17-21-18(22-28-17)13-5-7-14(8-6-13)24(25)26/h2-11H,12H2,1H3. The van der Waals surface area contributed by atoms with Crippen LogP contribution in [0.2, 0.25) is 0 Å². The number of imidazole rings is 1. The third-order valence-corrected chi connectivity index (χ3v) is 5.02. The molecule has 4 aromatic rings. The second-order valence-corrected chi connectivity index (χ2v) is 6.83. The van der Waals surface area contributed by atoms with Crippen molar-refractivity contribution in [2.24, 2.45) is 0 Å². The lowest BCUT2D eigenvalue weighted by atomic mass is 10.2. The number of ether oxygens (including phenoxy) is 1. The molecule has 0 aliphatic heterocycles. The highest BCUT2D eigenvalue weighted by Gasteiger charge is 2.13. The van der Waals surface area contributed by atoms with Gasteiger partial charge in [0, 0.05) is 36.2 Å². The molecule has 2 heterocycles. The van der Waals surface area contributed by atoms with Gasteiger partial charge in [-0.2, -0.15) is 4.98 Å². The fourth-order valence-corrected chi connectivity index (χ4v) is 3.45. The molecule has 0 amide bonds. The molecule has 0 aliphatic rings. The first-order valence-corrected chi connectivity index (χ1v) is 9.50. The van der Waals surface area contributed by atoms with Crippen LogP contribution in [-0.2, 0) is 5.75 Å². The fourth-order valence-electron chi connectivity index (χ4n) is 2.64. The number of nitrogens with zero attached hydrogens (tertiary/aromatic N) is 5. The molecule has 10 heteroatoms. The highest BCUT2D eigenvalue weighted by molar-refractivity contribution is 7.98. The van der Waals surface area contributed by atoms with Gasteiger partial charge in [0.2, 0.25) is 11.7 Å². The Balaban J connectivity index is 1.47. The molecule has 0 unspecified atom stereocenters. The first-order valence-electron chi connectivity index (χ1n) is 8.52. The highest BCUT2D eigenvalue weighted by Crippen LogP contribution is 2.26. The van der Waals surface area contributed by atoms with E-state index in [1.54, 1.807) is 25.4 Å². The van der Waals surface area contributed by atoms with Crippen LogP contribution < -0.4 is 4.74 Å². The number of non-ortho nitro benzene ring substituents is 1. The number of methoxy groups -OCH3 is 1. The molecule has 0 atom stereocenters. The average Bonchev–Trinajstić information content (AvgIpc) is 3.42. The van der Waals surface area contributed by atoms with Gasteiger partial charge in [-0.15, -0.1) is 0 Å². The Morgan fingerprint density at radius 2 is 2.07 bits per heavy atom. The van der Waals surface area contributed by atoms with Crippen LogP contribution >= 0.6 is 11.8 Å². The van der Waals surface area contributed by atoms with Crippen LogP contribution in [0.4, 0.5) is 5.69 Å². The summed E-state index contributed by atoms with van der Waals surface area (Å²) in [6, 6.07) is 13.7. The van der Waals surface area contributed by atoms with E-state index in [4.69, 9.17) is 9.26 Å². The number of nitro benzene ring substituents is 1. The Labute approximate surface area is 169 Å². The van der Waals surface area contributed by atoms with Crippen molar-refractivity contribution in [3.05, 3.63) is 76.9 Å². The Morgan fingerprint density at radius 3 is 2.83 bits per heavy atom. The molecule has 0 spiro atoms. The molecule has 146 valence electrons. The molecule has 0 N–H and O–H groups in total. The Bertz CT molecular complexity index is 1140. The van der Waals surface area contributed by atoms with E-state index in [2.05, 4.69) is 15.1 Å². The van der Waals surface area contributed by atoms with Gasteiger partial charge in [0.05, 0.1) is 23.5 Å². The maximum absolute atomic E-state index is 10.8. The number of benzene rings is 2. The zero-order chi connectivity index (χ0) is 20.2. The highest BCUT2D eigenvalue weighted by atomic mass is 32.2. The van der Waals surface area contributed by atoms with Gasteiger partial charge >= 0.3 is 0 Å². The molecule has 0 saturated carbocycles. The summed E-state index contributed by atoms with van der Waals surface area (Å²) in [6.45, 7) is 0. The summed E-state index contributed by atoms with van der Waals surface area (Å²) in [5, 5.41) is 15.5. The second-order valence-electron chi connectivity index (χ2n) is 5.89. The first kappa shape index (κ1) is 18.7. The van der Waals surface area contributed by atoms with Gasteiger partial charge in [0.1, 0.15) is 5.75 Å². The number of thioether (sulfide) groups is 1. The van der Waals surface area contributed by atoms with Crippen LogP contribution in [0.3, 0.4) is 0 Å². The summed E-state index contributed by atoms with van der Waals surface area (Å²) in [5.74, 6) is 2.01.